The fourth-order valence-corrected chi connectivity index (χ4v) is 4.56. The molecule has 3 aromatic rings. The van der Waals surface area contributed by atoms with Gasteiger partial charge in [-0.1, -0.05) is 30.3 Å². The van der Waals surface area contributed by atoms with E-state index >= 15 is 0 Å². The number of likely N-dealkylation sites (tertiary alicyclic amines) is 1. The number of rotatable bonds is 7. The number of piperidine rings is 1. The molecule has 148 valence electrons. The third-order valence-corrected chi connectivity index (χ3v) is 6.50. The van der Waals surface area contributed by atoms with Gasteiger partial charge in [-0.2, -0.15) is 4.98 Å². The second-order valence-corrected chi connectivity index (χ2v) is 8.48. The molecular formula is C22H27N3O2S. The van der Waals surface area contributed by atoms with Gasteiger partial charge in [0, 0.05) is 43.4 Å². The smallest absolute Gasteiger partial charge is 0.298 e. The predicted octanol–water partition coefficient (Wildman–Crippen LogP) is 3.88. The van der Waals surface area contributed by atoms with E-state index in [1.54, 1.807) is 11.8 Å². The van der Waals surface area contributed by atoms with Gasteiger partial charge in [0.15, 0.2) is 5.58 Å². The van der Waals surface area contributed by atoms with Gasteiger partial charge in [-0.05, 0) is 37.1 Å². The standard InChI is InChI=1S/C22H27N3O2S/c1-24(22-23-20-9-5-6-10-21(20)27-22)17-11-13-25(14-12-17)15-18(26)16-28-19-7-3-2-4-8-19/h2-10,17-18,26H,11-16H2,1H3. The van der Waals surface area contributed by atoms with Crippen molar-refractivity contribution >= 4 is 28.9 Å². The zero-order chi connectivity index (χ0) is 19.3. The topological polar surface area (TPSA) is 52.7 Å². The number of nitrogens with zero attached hydrogens (tertiary/aromatic N) is 3. The molecule has 28 heavy (non-hydrogen) atoms. The maximum Gasteiger partial charge on any atom is 0.298 e. The number of hydrogen-bond donors (Lipinski definition) is 1. The third-order valence-electron chi connectivity index (χ3n) is 5.34. The van der Waals surface area contributed by atoms with Gasteiger partial charge in [-0.25, -0.2) is 0 Å². The lowest BCUT2D eigenvalue weighted by molar-refractivity contribution is 0.111. The van der Waals surface area contributed by atoms with Crippen LogP contribution in [0.25, 0.3) is 11.1 Å². The van der Waals surface area contributed by atoms with Crippen LogP contribution in [0.4, 0.5) is 6.01 Å². The Morgan fingerprint density at radius 1 is 1.14 bits per heavy atom. The second-order valence-electron chi connectivity index (χ2n) is 7.38. The summed E-state index contributed by atoms with van der Waals surface area (Å²) in [5, 5.41) is 10.4. The van der Waals surface area contributed by atoms with Crippen LogP contribution >= 0.6 is 11.8 Å². The minimum Gasteiger partial charge on any atom is -0.423 e. The van der Waals surface area contributed by atoms with Crippen molar-refractivity contribution < 1.29 is 9.52 Å². The highest BCUT2D eigenvalue weighted by molar-refractivity contribution is 7.99. The van der Waals surface area contributed by atoms with Gasteiger partial charge in [-0.3, -0.25) is 0 Å². The summed E-state index contributed by atoms with van der Waals surface area (Å²) in [7, 11) is 2.07. The van der Waals surface area contributed by atoms with E-state index in [4.69, 9.17) is 4.42 Å². The predicted molar refractivity (Wildman–Crippen MR) is 115 cm³/mol. The number of thioether (sulfide) groups is 1. The SMILES string of the molecule is CN(c1nc2ccccc2o1)C1CCN(CC(O)CSc2ccccc2)CC1. The number of para-hydroxylation sites is 2. The number of aromatic nitrogens is 1. The van der Waals surface area contributed by atoms with Crippen LogP contribution in [0.1, 0.15) is 12.8 Å². The first-order valence-corrected chi connectivity index (χ1v) is 10.8. The van der Waals surface area contributed by atoms with E-state index in [0.717, 1.165) is 49.3 Å². The molecule has 1 unspecified atom stereocenters. The minimum absolute atomic E-state index is 0.309. The average molecular weight is 398 g/mol. The highest BCUT2D eigenvalue weighted by Gasteiger charge is 2.26. The van der Waals surface area contributed by atoms with Gasteiger partial charge in [0.2, 0.25) is 0 Å². The van der Waals surface area contributed by atoms with Crippen molar-refractivity contribution in [3.05, 3.63) is 54.6 Å². The zero-order valence-corrected chi connectivity index (χ0v) is 17.0. The van der Waals surface area contributed by atoms with Gasteiger partial charge in [0.05, 0.1) is 6.10 Å². The third kappa shape index (κ3) is 4.69. The molecule has 1 aliphatic rings. The Hall–Kier alpha value is -2.02. The van der Waals surface area contributed by atoms with Crippen molar-refractivity contribution in [3.8, 4) is 0 Å². The monoisotopic (exact) mass is 397 g/mol. The lowest BCUT2D eigenvalue weighted by Gasteiger charge is -2.36. The number of fused-ring (bicyclic) bond motifs is 1. The molecule has 1 saturated heterocycles. The summed E-state index contributed by atoms with van der Waals surface area (Å²) in [4.78, 5) is 10.4. The van der Waals surface area contributed by atoms with Crippen LogP contribution in [0.2, 0.25) is 0 Å². The summed E-state index contributed by atoms with van der Waals surface area (Å²) in [5.41, 5.74) is 1.74. The largest absolute Gasteiger partial charge is 0.423 e. The highest BCUT2D eigenvalue weighted by Crippen LogP contribution is 2.26. The van der Waals surface area contributed by atoms with E-state index in [9.17, 15) is 5.11 Å². The van der Waals surface area contributed by atoms with Gasteiger partial charge >= 0.3 is 0 Å². The van der Waals surface area contributed by atoms with E-state index in [0.29, 0.717) is 12.1 Å². The molecule has 4 rings (SSSR count). The molecule has 1 N–H and O–H groups in total. The van der Waals surface area contributed by atoms with Crippen molar-refractivity contribution in [1.82, 2.24) is 9.88 Å². The normalized spacial score (nSPS) is 17.1. The van der Waals surface area contributed by atoms with Crippen molar-refractivity contribution in [1.29, 1.82) is 0 Å². The number of anilines is 1. The van der Waals surface area contributed by atoms with Crippen LogP contribution in [0, 0.1) is 0 Å². The quantitative estimate of drug-likeness (QED) is 0.611. The molecule has 2 aromatic carbocycles. The van der Waals surface area contributed by atoms with Crippen molar-refractivity contribution in [2.24, 2.45) is 0 Å². The maximum atomic E-state index is 10.4. The summed E-state index contributed by atoms with van der Waals surface area (Å²) in [5.74, 6) is 0.729. The molecule has 1 aromatic heterocycles. The van der Waals surface area contributed by atoms with E-state index < -0.39 is 0 Å². The molecule has 2 heterocycles. The van der Waals surface area contributed by atoms with Gasteiger partial charge in [0.1, 0.15) is 5.52 Å². The van der Waals surface area contributed by atoms with Crippen LogP contribution in [-0.2, 0) is 0 Å². The van der Waals surface area contributed by atoms with Crippen molar-refractivity contribution in [2.45, 2.75) is 29.9 Å². The number of benzene rings is 2. The van der Waals surface area contributed by atoms with Crippen molar-refractivity contribution in [3.63, 3.8) is 0 Å². The minimum atomic E-state index is -0.309. The summed E-state index contributed by atoms with van der Waals surface area (Å²) in [6, 6.07) is 19.3. The van der Waals surface area contributed by atoms with Gasteiger partial charge in [0.25, 0.3) is 6.01 Å². The zero-order valence-electron chi connectivity index (χ0n) is 16.2. The fraction of sp³-hybridized carbons (Fsp3) is 0.409. The van der Waals surface area contributed by atoms with E-state index in [1.165, 1.54) is 4.90 Å². The molecule has 0 spiro atoms. The Morgan fingerprint density at radius 3 is 2.61 bits per heavy atom. The second kappa shape index (κ2) is 8.99. The summed E-state index contributed by atoms with van der Waals surface area (Å²) in [6.45, 7) is 2.71. The van der Waals surface area contributed by atoms with Crippen molar-refractivity contribution in [2.75, 3.05) is 37.3 Å². The van der Waals surface area contributed by atoms with Gasteiger partial charge in [-0.15, -0.1) is 11.8 Å². The molecule has 6 heteroatoms. The summed E-state index contributed by atoms with van der Waals surface area (Å²) < 4.78 is 5.91. The lowest BCUT2D eigenvalue weighted by Crippen LogP contribution is -2.46. The Bertz CT molecular complexity index is 845. The summed E-state index contributed by atoms with van der Waals surface area (Å²) >= 11 is 1.72. The number of aliphatic hydroxyl groups excluding tert-OH is 1. The first kappa shape index (κ1) is 19.3. The van der Waals surface area contributed by atoms with Crippen LogP contribution < -0.4 is 4.90 Å². The first-order chi connectivity index (χ1) is 13.7. The van der Waals surface area contributed by atoms with E-state index in [1.807, 2.05) is 42.5 Å². The van der Waals surface area contributed by atoms with E-state index in [2.05, 4.69) is 34.0 Å². The molecule has 0 amide bonds. The highest BCUT2D eigenvalue weighted by atomic mass is 32.2. The molecule has 1 fully saturated rings. The summed E-state index contributed by atoms with van der Waals surface area (Å²) in [6.07, 6.45) is 1.79. The Kier molecular flexibility index (Phi) is 6.20. The molecule has 0 radical (unpaired) electrons. The van der Waals surface area contributed by atoms with Crippen LogP contribution in [0.15, 0.2) is 63.9 Å². The number of aliphatic hydroxyl groups is 1. The number of oxazole rings is 1. The molecule has 0 aliphatic carbocycles. The van der Waals surface area contributed by atoms with Gasteiger partial charge < -0.3 is 19.3 Å². The molecule has 0 saturated carbocycles. The number of β-amino-alcohol motifs (C(OH)–C–C–N with tert-alkyl or cyclic N) is 1. The maximum absolute atomic E-state index is 10.4. The molecule has 5 nitrogen and oxygen atoms in total. The molecular weight excluding hydrogens is 370 g/mol. The Morgan fingerprint density at radius 2 is 1.86 bits per heavy atom. The Balaban J connectivity index is 1.24. The molecule has 0 bridgehead atoms. The Labute approximate surface area is 170 Å². The van der Waals surface area contributed by atoms with Crippen LogP contribution in [-0.4, -0.2) is 59.6 Å². The fourth-order valence-electron chi connectivity index (χ4n) is 3.72. The molecule has 1 atom stereocenters. The number of hydrogen-bond acceptors (Lipinski definition) is 6. The van der Waals surface area contributed by atoms with E-state index in [-0.39, 0.29) is 6.10 Å². The lowest BCUT2D eigenvalue weighted by atomic mass is 10.0. The average Bonchev–Trinajstić information content (AvgIpc) is 3.17. The van der Waals surface area contributed by atoms with Crippen LogP contribution in [0.3, 0.4) is 0 Å². The molecule has 1 aliphatic heterocycles. The first-order valence-electron chi connectivity index (χ1n) is 9.86. The van der Waals surface area contributed by atoms with Crippen LogP contribution in [0.5, 0.6) is 0 Å².